The first-order valence-electron chi connectivity index (χ1n) is 12.1. The number of hydrogen-bond donors (Lipinski definition) is 2. The van der Waals surface area contributed by atoms with E-state index in [-0.39, 0.29) is 17.6 Å². The first-order valence-corrected chi connectivity index (χ1v) is 12.9. The van der Waals surface area contributed by atoms with Crippen LogP contribution < -0.4 is 15.8 Å². The number of nitrogens with one attached hydrogen (secondary N) is 1. The van der Waals surface area contributed by atoms with E-state index in [1.54, 1.807) is 18.2 Å². The van der Waals surface area contributed by atoms with Crippen LogP contribution in [0.2, 0.25) is 10.0 Å². The number of piperidine rings is 1. The SMILES string of the molecule is CN(C)C1CCN(c2ccc(Nc3ncc4c(=O)n(-c5c(Cl)cccc5Cl)cc(CO)c4n3)cc2)CC1. The molecule has 0 radical (unpaired) electrons. The second-order valence-electron chi connectivity index (χ2n) is 9.37. The maximum absolute atomic E-state index is 13.3. The Morgan fingerprint density at radius 3 is 2.38 bits per heavy atom. The lowest BCUT2D eigenvalue weighted by atomic mass is 10.0. The standard InChI is InChI=1S/C27H28Cl2N6O2/c1-33(2)19-10-12-34(13-11-19)20-8-6-18(7-9-20)31-27-30-14-21-24(32-27)17(16-36)15-35(26(21)37)25-22(28)4-3-5-23(25)29/h3-9,14-15,19,36H,10-13,16H2,1-2H3,(H,30,31,32). The summed E-state index contributed by atoms with van der Waals surface area (Å²) in [5.41, 5.74) is 2.80. The van der Waals surface area contributed by atoms with Crippen molar-refractivity contribution in [3.05, 3.63) is 80.8 Å². The Balaban J connectivity index is 1.40. The summed E-state index contributed by atoms with van der Waals surface area (Å²) < 4.78 is 1.33. The van der Waals surface area contributed by atoms with Crippen LogP contribution in [-0.2, 0) is 6.61 Å². The molecule has 1 fully saturated rings. The molecule has 2 N–H and O–H groups in total. The van der Waals surface area contributed by atoms with Gasteiger partial charge in [-0.1, -0.05) is 29.3 Å². The van der Waals surface area contributed by atoms with E-state index in [1.165, 1.54) is 22.6 Å². The van der Waals surface area contributed by atoms with Gasteiger partial charge in [0.05, 0.1) is 33.2 Å². The molecule has 10 heteroatoms. The molecule has 2 aromatic heterocycles. The Morgan fingerprint density at radius 2 is 1.76 bits per heavy atom. The number of hydrogen-bond acceptors (Lipinski definition) is 7. The Bertz CT molecular complexity index is 1460. The molecule has 2 aromatic carbocycles. The van der Waals surface area contributed by atoms with Crippen molar-refractivity contribution >= 4 is 51.4 Å². The molecule has 1 saturated heterocycles. The maximum atomic E-state index is 13.3. The number of halogens is 2. The van der Waals surface area contributed by atoms with E-state index in [9.17, 15) is 9.90 Å². The minimum atomic E-state index is -0.379. The van der Waals surface area contributed by atoms with Crippen LogP contribution >= 0.6 is 23.2 Å². The number of aromatic nitrogens is 3. The molecular weight excluding hydrogens is 511 g/mol. The van der Waals surface area contributed by atoms with Crippen molar-refractivity contribution < 1.29 is 5.11 Å². The Hall–Kier alpha value is -3.17. The highest BCUT2D eigenvalue weighted by molar-refractivity contribution is 6.37. The first kappa shape index (κ1) is 25.5. The summed E-state index contributed by atoms with van der Waals surface area (Å²) in [5.74, 6) is 0.328. The van der Waals surface area contributed by atoms with Crippen molar-refractivity contribution in [1.82, 2.24) is 19.4 Å². The molecule has 0 bridgehead atoms. The highest BCUT2D eigenvalue weighted by Crippen LogP contribution is 2.29. The summed E-state index contributed by atoms with van der Waals surface area (Å²) in [6.45, 7) is 1.74. The molecule has 0 amide bonds. The van der Waals surface area contributed by atoms with E-state index in [1.807, 2.05) is 12.1 Å². The summed E-state index contributed by atoms with van der Waals surface area (Å²) in [5, 5.41) is 14.1. The number of pyridine rings is 1. The maximum Gasteiger partial charge on any atom is 0.266 e. The fraction of sp³-hybridized carbons (Fsp3) is 0.296. The third kappa shape index (κ3) is 5.15. The van der Waals surface area contributed by atoms with Crippen LogP contribution in [-0.4, -0.2) is 57.8 Å². The van der Waals surface area contributed by atoms with Gasteiger partial charge in [0.25, 0.3) is 5.56 Å². The van der Waals surface area contributed by atoms with Crippen LogP contribution in [0.4, 0.5) is 17.3 Å². The van der Waals surface area contributed by atoms with E-state index in [0.717, 1.165) is 31.6 Å². The molecule has 0 aliphatic carbocycles. The van der Waals surface area contributed by atoms with Crippen LogP contribution in [0, 0.1) is 0 Å². The topological polar surface area (TPSA) is 86.5 Å². The molecule has 1 aliphatic rings. The highest BCUT2D eigenvalue weighted by Gasteiger charge is 2.21. The molecule has 0 spiro atoms. The number of benzene rings is 2. The van der Waals surface area contributed by atoms with Gasteiger partial charge in [-0.25, -0.2) is 9.97 Å². The second-order valence-corrected chi connectivity index (χ2v) is 10.2. The second kappa shape index (κ2) is 10.7. The normalized spacial score (nSPS) is 14.5. The Kier molecular flexibility index (Phi) is 7.35. The Morgan fingerprint density at radius 1 is 1.08 bits per heavy atom. The van der Waals surface area contributed by atoms with E-state index in [2.05, 4.69) is 51.3 Å². The minimum Gasteiger partial charge on any atom is -0.392 e. The zero-order valence-corrected chi connectivity index (χ0v) is 22.2. The number of rotatable bonds is 6. The molecule has 37 heavy (non-hydrogen) atoms. The van der Waals surface area contributed by atoms with Crippen LogP contribution in [0.25, 0.3) is 16.6 Å². The third-order valence-corrected chi connectivity index (χ3v) is 7.47. The molecule has 0 saturated carbocycles. The van der Waals surface area contributed by atoms with Gasteiger partial charge in [-0.15, -0.1) is 0 Å². The molecule has 8 nitrogen and oxygen atoms in total. The summed E-state index contributed by atoms with van der Waals surface area (Å²) in [6.07, 6.45) is 5.27. The van der Waals surface area contributed by atoms with Crippen LogP contribution in [0.3, 0.4) is 0 Å². The molecule has 3 heterocycles. The summed E-state index contributed by atoms with van der Waals surface area (Å²) >= 11 is 12.6. The van der Waals surface area contributed by atoms with Crippen LogP contribution in [0.5, 0.6) is 0 Å². The largest absolute Gasteiger partial charge is 0.392 e. The van der Waals surface area contributed by atoms with Gasteiger partial charge in [0, 0.05) is 48.5 Å². The van der Waals surface area contributed by atoms with Crippen LogP contribution in [0.1, 0.15) is 18.4 Å². The van der Waals surface area contributed by atoms with Gasteiger partial charge >= 0.3 is 0 Å². The van der Waals surface area contributed by atoms with Gasteiger partial charge in [0.15, 0.2) is 0 Å². The summed E-state index contributed by atoms with van der Waals surface area (Å²) in [7, 11) is 4.28. The fourth-order valence-corrected chi connectivity index (χ4v) is 5.35. The van der Waals surface area contributed by atoms with Crippen molar-refractivity contribution in [2.24, 2.45) is 0 Å². The number of aliphatic hydroxyl groups is 1. The number of nitrogens with zero attached hydrogens (tertiary/aromatic N) is 5. The summed E-state index contributed by atoms with van der Waals surface area (Å²) in [6, 6.07) is 13.8. The Labute approximate surface area is 225 Å². The monoisotopic (exact) mass is 538 g/mol. The van der Waals surface area contributed by atoms with Gasteiger partial charge < -0.3 is 20.2 Å². The minimum absolute atomic E-state index is 0.254. The van der Waals surface area contributed by atoms with Crippen molar-refractivity contribution in [2.75, 3.05) is 37.4 Å². The number of anilines is 3. The average Bonchev–Trinajstić information content (AvgIpc) is 2.90. The van der Waals surface area contributed by atoms with Gasteiger partial charge in [0.2, 0.25) is 5.95 Å². The third-order valence-electron chi connectivity index (χ3n) is 6.86. The quantitative estimate of drug-likeness (QED) is 0.362. The smallest absolute Gasteiger partial charge is 0.266 e. The predicted molar refractivity (Wildman–Crippen MR) is 150 cm³/mol. The lowest BCUT2D eigenvalue weighted by molar-refractivity contribution is 0.249. The zero-order chi connectivity index (χ0) is 26.1. The summed E-state index contributed by atoms with van der Waals surface area (Å²) in [4.78, 5) is 26.9. The van der Waals surface area contributed by atoms with Gasteiger partial charge in [-0.05, 0) is 63.3 Å². The van der Waals surface area contributed by atoms with E-state index in [0.29, 0.717) is 38.8 Å². The van der Waals surface area contributed by atoms with E-state index in [4.69, 9.17) is 23.2 Å². The van der Waals surface area contributed by atoms with E-state index >= 15 is 0 Å². The molecule has 0 unspecified atom stereocenters. The van der Waals surface area contributed by atoms with Gasteiger partial charge in [-0.3, -0.25) is 9.36 Å². The predicted octanol–water partition coefficient (Wildman–Crippen LogP) is 4.85. The molecule has 5 rings (SSSR count). The van der Waals surface area contributed by atoms with Crippen molar-refractivity contribution in [1.29, 1.82) is 0 Å². The van der Waals surface area contributed by atoms with Crippen molar-refractivity contribution in [3.8, 4) is 5.69 Å². The molecule has 1 aliphatic heterocycles. The molecule has 192 valence electrons. The van der Waals surface area contributed by atoms with Crippen molar-refractivity contribution in [3.63, 3.8) is 0 Å². The van der Waals surface area contributed by atoms with Gasteiger partial charge in [-0.2, -0.15) is 0 Å². The molecule has 0 atom stereocenters. The molecule has 4 aromatic rings. The number of fused-ring (bicyclic) bond motifs is 1. The first-order chi connectivity index (χ1) is 17.9. The zero-order valence-electron chi connectivity index (χ0n) is 20.7. The lowest BCUT2D eigenvalue weighted by Crippen LogP contribution is -2.41. The highest BCUT2D eigenvalue weighted by atomic mass is 35.5. The van der Waals surface area contributed by atoms with Gasteiger partial charge in [0.1, 0.15) is 0 Å². The lowest BCUT2D eigenvalue weighted by Gasteiger charge is -2.36. The van der Waals surface area contributed by atoms with E-state index < -0.39 is 0 Å². The average molecular weight is 539 g/mol. The number of aliphatic hydroxyl groups excluding tert-OH is 1. The van der Waals surface area contributed by atoms with Crippen molar-refractivity contribution in [2.45, 2.75) is 25.5 Å². The molecular formula is C27H28Cl2N6O2. The number of para-hydroxylation sites is 1. The van der Waals surface area contributed by atoms with Crippen LogP contribution in [0.15, 0.2) is 59.7 Å². The fourth-order valence-electron chi connectivity index (χ4n) is 4.77.